The van der Waals surface area contributed by atoms with Crippen molar-refractivity contribution >= 4 is 17.6 Å². The summed E-state index contributed by atoms with van der Waals surface area (Å²) in [7, 11) is 3.78. The van der Waals surface area contributed by atoms with E-state index in [4.69, 9.17) is 21.2 Å². The van der Waals surface area contributed by atoms with Crippen LogP contribution in [-0.2, 0) is 14.4 Å². The number of carbonyl (C=O) groups excluding carboxylic acids is 1. The second-order valence-corrected chi connectivity index (χ2v) is 5.53. The fourth-order valence-electron chi connectivity index (χ4n) is 2.45. The lowest BCUT2D eigenvalue weighted by atomic mass is 10.0. The molecule has 1 aliphatic carbocycles. The zero-order valence-corrected chi connectivity index (χ0v) is 12.8. The van der Waals surface area contributed by atoms with Crippen molar-refractivity contribution in [2.75, 3.05) is 20.7 Å². The standard InChI is InChI=1S/C14H21ClN2O3/c1-4-19-13(18)9-12-16(2)14(20-17(12)3)10-5-7-11(15)8-6-10/h5-7,11-12,14H,4,8-9H2,1-3H3. The van der Waals surface area contributed by atoms with Gasteiger partial charge in [-0.1, -0.05) is 18.2 Å². The van der Waals surface area contributed by atoms with Crippen molar-refractivity contribution in [3.8, 4) is 0 Å². The van der Waals surface area contributed by atoms with E-state index < -0.39 is 0 Å². The van der Waals surface area contributed by atoms with Gasteiger partial charge in [-0.3, -0.25) is 14.5 Å². The largest absolute Gasteiger partial charge is 0.466 e. The third-order valence-electron chi connectivity index (χ3n) is 3.54. The van der Waals surface area contributed by atoms with E-state index in [1.807, 2.05) is 31.1 Å². The first-order valence-electron chi connectivity index (χ1n) is 6.82. The minimum atomic E-state index is -0.213. The summed E-state index contributed by atoms with van der Waals surface area (Å²) >= 11 is 6.03. The molecule has 2 aliphatic rings. The molecule has 20 heavy (non-hydrogen) atoms. The van der Waals surface area contributed by atoms with Crippen LogP contribution in [0.4, 0.5) is 0 Å². The molecule has 3 atom stereocenters. The summed E-state index contributed by atoms with van der Waals surface area (Å²) in [4.78, 5) is 19.5. The summed E-state index contributed by atoms with van der Waals surface area (Å²) in [5.41, 5.74) is 1.07. The molecule has 6 heteroatoms. The number of hydroxylamine groups is 2. The highest BCUT2D eigenvalue weighted by Crippen LogP contribution is 2.29. The fraction of sp³-hybridized carbons (Fsp3) is 0.643. The maximum absolute atomic E-state index is 11.6. The van der Waals surface area contributed by atoms with E-state index >= 15 is 0 Å². The Balaban J connectivity index is 2.01. The molecule has 0 saturated carbocycles. The number of ether oxygens (including phenoxy) is 1. The molecule has 3 unspecified atom stereocenters. The van der Waals surface area contributed by atoms with Crippen LogP contribution in [0.25, 0.3) is 0 Å². The van der Waals surface area contributed by atoms with Crippen molar-refractivity contribution in [1.82, 2.24) is 9.96 Å². The van der Waals surface area contributed by atoms with E-state index in [0.717, 1.165) is 12.0 Å². The zero-order valence-electron chi connectivity index (χ0n) is 12.1. The third kappa shape index (κ3) is 3.41. The number of alkyl halides is 1. The normalized spacial score (nSPS) is 31.4. The van der Waals surface area contributed by atoms with Crippen molar-refractivity contribution in [2.24, 2.45) is 0 Å². The predicted molar refractivity (Wildman–Crippen MR) is 76.9 cm³/mol. The molecule has 0 bridgehead atoms. The van der Waals surface area contributed by atoms with Gasteiger partial charge in [0, 0.05) is 7.05 Å². The Morgan fingerprint density at radius 3 is 2.90 bits per heavy atom. The van der Waals surface area contributed by atoms with Crippen molar-refractivity contribution in [1.29, 1.82) is 0 Å². The summed E-state index contributed by atoms with van der Waals surface area (Å²) in [5.74, 6) is -0.213. The molecule has 5 nitrogen and oxygen atoms in total. The Kier molecular flexibility index (Phi) is 5.21. The number of hydrogen-bond acceptors (Lipinski definition) is 5. The minimum absolute atomic E-state index is 0.0542. The van der Waals surface area contributed by atoms with Gasteiger partial charge in [-0.2, -0.15) is 5.06 Å². The van der Waals surface area contributed by atoms with Crippen LogP contribution in [-0.4, -0.2) is 54.4 Å². The quantitative estimate of drug-likeness (QED) is 0.586. The first-order chi connectivity index (χ1) is 9.52. The van der Waals surface area contributed by atoms with Gasteiger partial charge in [-0.25, -0.2) is 0 Å². The van der Waals surface area contributed by atoms with Crippen LogP contribution in [0.3, 0.4) is 0 Å². The van der Waals surface area contributed by atoms with Gasteiger partial charge in [0.15, 0.2) is 6.23 Å². The Morgan fingerprint density at radius 1 is 1.55 bits per heavy atom. The molecular formula is C14H21ClN2O3. The number of hydrogen-bond donors (Lipinski definition) is 0. The fourth-order valence-corrected chi connectivity index (χ4v) is 2.61. The Morgan fingerprint density at radius 2 is 2.30 bits per heavy atom. The van der Waals surface area contributed by atoms with Crippen molar-refractivity contribution in [2.45, 2.75) is 37.5 Å². The summed E-state index contributed by atoms with van der Waals surface area (Å²) in [5, 5.41) is 1.77. The van der Waals surface area contributed by atoms with Gasteiger partial charge < -0.3 is 4.74 Å². The average Bonchev–Trinajstić information content (AvgIpc) is 2.68. The number of likely N-dealkylation sites (N-methyl/N-ethyl adjacent to an activating group) is 1. The minimum Gasteiger partial charge on any atom is -0.466 e. The number of halogens is 1. The van der Waals surface area contributed by atoms with Crippen molar-refractivity contribution < 1.29 is 14.4 Å². The maximum Gasteiger partial charge on any atom is 0.308 e. The summed E-state index contributed by atoms with van der Waals surface area (Å²) < 4.78 is 5.00. The van der Waals surface area contributed by atoms with Crippen LogP contribution in [0.15, 0.2) is 23.8 Å². The number of esters is 1. The maximum atomic E-state index is 11.6. The lowest BCUT2D eigenvalue weighted by molar-refractivity contribution is -0.154. The molecule has 0 aromatic rings. The summed E-state index contributed by atoms with van der Waals surface area (Å²) in [6, 6.07) is 0. The summed E-state index contributed by atoms with van der Waals surface area (Å²) in [6.45, 7) is 2.20. The molecule has 0 spiro atoms. The van der Waals surface area contributed by atoms with E-state index in [1.165, 1.54) is 0 Å². The second kappa shape index (κ2) is 6.72. The topological polar surface area (TPSA) is 42.0 Å². The number of carbonyl (C=O) groups is 1. The Labute approximate surface area is 124 Å². The molecule has 2 rings (SSSR count). The van der Waals surface area contributed by atoms with E-state index in [9.17, 15) is 4.79 Å². The Hall–Kier alpha value is -0.880. The van der Waals surface area contributed by atoms with Crippen molar-refractivity contribution in [3.05, 3.63) is 23.8 Å². The average molecular weight is 301 g/mol. The highest BCUT2D eigenvalue weighted by Gasteiger charge is 2.39. The predicted octanol–water partition coefficient (Wildman–Crippen LogP) is 1.89. The van der Waals surface area contributed by atoms with Gasteiger partial charge in [0.1, 0.15) is 0 Å². The monoisotopic (exact) mass is 300 g/mol. The molecule has 1 fully saturated rings. The van der Waals surface area contributed by atoms with Crippen LogP contribution in [0.5, 0.6) is 0 Å². The van der Waals surface area contributed by atoms with E-state index in [1.54, 1.807) is 12.0 Å². The molecule has 0 aromatic carbocycles. The van der Waals surface area contributed by atoms with Gasteiger partial charge in [-0.05, 0) is 26.0 Å². The highest BCUT2D eigenvalue weighted by atomic mass is 35.5. The van der Waals surface area contributed by atoms with E-state index in [-0.39, 0.29) is 30.2 Å². The molecule has 0 aromatic heterocycles. The number of nitrogens with zero attached hydrogens (tertiary/aromatic N) is 2. The number of allylic oxidation sites excluding steroid dienone is 2. The highest BCUT2D eigenvalue weighted by molar-refractivity contribution is 6.22. The lowest BCUT2D eigenvalue weighted by Gasteiger charge is -2.24. The van der Waals surface area contributed by atoms with Crippen LogP contribution < -0.4 is 0 Å². The molecule has 1 aliphatic heterocycles. The van der Waals surface area contributed by atoms with Gasteiger partial charge in [-0.15, -0.1) is 11.6 Å². The van der Waals surface area contributed by atoms with Crippen LogP contribution >= 0.6 is 11.6 Å². The van der Waals surface area contributed by atoms with Gasteiger partial charge >= 0.3 is 5.97 Å². The van der Waals surface area contributed by atoms with Crippen LogP contribution in [0.1, 0.15) is 19.8 Å². The molecule has 0 radical (unpaired) electrons. The van der Waals surface area contributed by atoms with E-state index in [0.29, 0.717) is 6.61 Å². The third-order valence-corrected chi connectivity index (χ3v) is 3.87. The molecule has 0 N–H and O–H groups in total. The lowest BCUT2D eigenvalue weighted by Crippen LogP contribution is -2.39. The molecular weight excluding hydrogens is 280 g/mol. The van der Waals surface area contributed by atoms with Gasteiger partial charge in [0.05, 0.1) is 24.6 Å². The van der Waals surface area contributed by atoms with Gasteiger partial charge in [0.25, 0.3) is 0 Å². The Bertz CT molecular complexity index is 425. The summed E-state index contributed by atoms with van der Waals surface area (Å²) in [6.07, 6.45) is 6.82. The van der Waals surface area contributed by atoms with Crippen LogP contribution in [0.2, 0.25) is 0 Å². The van der Waals surface area contributed by atoms with E-state index in [2.05, 4.69) is 6.08 Å². The SMILES string of the molecule is CCOC(=O)CC1N(C)OC(C2=CCC(Cl)C=C2)N1C. The first kappa shape index (κ1) is 15.5. The molecule has 1 saturated heterocycles. The van der Waals surface area contributed by atoms with Crippen LogP contribution in [0, 0.1) is 0 Å². The zero-order chi connectivity index (χ0) is 14.7. The number of rotatable bonds is 4. The molecule has 112 valence electrons. The van der Waals surface area contributed by atoms with Gasteiger partial charge in [0.2, 0.25) is 0 Å². The smallest absolute Gasteiger partial charge is 0.308 e. The van der Waals surface area contributed by atoms with Crippen molar-refractivity contribution in [3.63, 3.8) is 0 Å². The first-order valence-corrected chi connectivity index (χ1v) is 7.26. The molecule has 1 heterocycles. The second-order valence-electron chi connectivity index (χ2n) is 4.97. The molecule has 0 amide bonds.